The van der Waals surface area contributed by atoms with Gasteiger partial charge in [0.05, 0.1) is 19.8 Å². The first-order chi connectivity index (χ1) is 11.2. The lowest BCUT2D eigenvalue weighted by Crippen LogP contribution is -2.24. The van der Waals surface area contributed by atoms with Crippen LogP contribution in [-0.4, -0.2) is 23.9 Å². The van der Waals surface area contributed by atoms with Gasteiger partial charge in [0, 0.05) is 12.1 Å². The third-order valence-electron chi connectivity index (χ3n) is 3.73. The van der Waals surface area contributed by atoms with E-state index in [0.717, 1.165) is 16.7 Å². The van der Waals surface area contributed by atoms with Gasteiger partial charge in [0.15, 0.2) is 11.5 Å². The van der Waals surface area contributed by atoms with Crippen molar-refractivity contribution < 1.29 is 14.9 Å². The van der Waals surface area contributed by atoms with Crippen molar-refractivity contribution in [2.45, 2.75) is 19.0 Å². The molecule has 0 radical (unpaired) electrons. The molecule has 0 aliphatic heterocycles. The number of aromatic hydroxyl groups is 1. The Morgan fingerprint density at radius 2 is 2.00 bits per heavy atom. The Labute approximate surface area is 137 Å². The number of aliphatic hydroxyl groups is 1. The van der Waals surface area contributed by atoms with E-state index in [-0.39, 0.29) is 18.4 Å². The first-order valence-electron chi connectivity index (χ1n) is 7.58. The molecule has 0 fully saturated rings. The zero-order chi connectivity index (χ0) is 16.7. The molecule has 4 heteroatoms. The van der Waals surface area contributed by atoms with E-state index in [1.54, 1.807) is 12.1 Å². The van der Waals surface area contributed by atoms with E-state index in [1.165, 1.54) is 7.11 Å². The van der Waals surface area contributed by atoms with E-state index in [0.29, 0.717) is 18.7 Å². The second-order valence-corrected chi connectivity index (χ2v) is 5.33. The zero-order valence-corrected chi connectivity index (χ0v) is 13.3. The summed E-state index contributed by atoms with van der Waals surface area (Å²) in [5.41, 5.74) is 2.79. The smallest absolute Gasteiger partial charge is 0.161 e. The van der Waals surface area contributed by atoms with E-state index in [9.17, 15) is 10.2 Å². The molecule has 2 rings (SSSR count). The average Bonchev–Trinajstić information content (AvgIpc) is 2.59. The zero-order valence-electron chi connectivity index (χ0n) is 13.3. The quantitative estimate of drug-likeness (QED) is 0.656. The molecular weight excluding hydrogens is 290 g/mol. The Bertz CT molecular complexity index is 641. The molecular formula is C19H23NO3. The molecule has 0 aliphatic carbocycles. The maximum absolute atomic E-state index is 10.1. The molecule has 0 amide bonds. The van der Waals surface area contributed by atoms with Gasteiger partial charge in [0.2, 0.25) is 0 Å². The van der Waals surface area contributed by atoms with Gasteiger partial charge in [-0.25, -0.2) is 0 Å². The van der Waals surface area contributed by atoms with Crippen LogP contribution in [0.15, 0.2) is 55.1 Å². The number of benzene rings is 2. The molecule has 4 nitrogen and oxygen atoms in total. The highest BCUT2D eigenvalue weighted by Crippen LogP contribution is 2.32. The van der Waals surface area contributed by atoms with Crippen molar-refractivity contribution >= 4 is 0 Å². The summed E-state index contributed by atoms with van der Waals surface area (Å²) in [6, 6.07) is 13.4. The van der Waals surface area contributed by atoms with Gasteiger partial charge in [-0.1, -0.05) is 42.5 Å². The summed E-state index contributed by atoms with van der Waals surface area (Å²) in [6.07, 6.45) is 2.31. The summed E-state index contributed by atoms with van der Waals surface area (Å²) in [5.74, 6) is 0.597. The van der Waals surface area contributed by atoms with Crippen LogP contribution in [0.3, 0.4) is 0 Å². The molecule has 0 aromatic heterocycles. The number of allylic oxidation sites excluding steroid dienone is 1. The molecule has 0 aliphatic rings. The predicted octanol–water partition coefficient (Wildman–Crippen LogP) is 2.95. The van der Waals surface area contributed by atoms with Gasteiger partial charge in [0.1, 0.15) is 0 Å². The fraction of sp³-hybridized carbons (Fsp3) is 0.263. The van der Waals surface area contributed by atoms with Crippen LogP contribution in [0.2, 0.25) is 0 Å². The van der Waals surface area contributed by atoms with Gasteiger partial charge in [-0.15, -0.1) is 6.58 Å². The topological polar surface area (TPSA) is 61.7 Å². The number of phenolic OH excluding ortho intramolecular Hbond substituents is 1. The molecule has 0 spiro atoms. The van der Waals surface area contributed by atoms with E-state index in [4.69, 9.17) is 4.74 Å². The van der Waals surface area contributed by atoms with Crippen LogP contribution in [0.5, 0.6) is 11.5 Å². The summed E-state index contributed by atoms with van der Waals surface area (Å²) in [6.45, 7) is 4.28. The lowest BCUT2D eigenvalue weighted by Gasteiger charge is -2.18. The molecule has 0 saturated heterocycles. The van der Waals surface area contributed by atoms with E-state index in [1.807, 2.05) is 36.4 Å². The SMILES string of the molecule is C=CCc1cc(CNC(CO)c2ccccc2)cc(OC)c1O. The van der Waals surface area contributed by atoms with Gasteiger partial charge < -0.3 is 20.3 Å². The summed E-state index contributed by atoms with van der Waals surface area (Å²) in [7, 11) is 1.53. The lowest BCUT2D eigenvalue weighted by atomic mass is 10.0. The summed E-state index contributed by atoms with van der Waals surface area (Å²) in [5, 5.41) is 23.0. The number of aliphatic hydroxyl groups excluding tert-OH is 1. The van der Waals surface area contributed by atoms with E-state index >= 15 is 0 Å². The Morgan fingerprint density at radius 1 is 1.26 bits per heavy atom. The minimum Gasteiger partial charge on any atom is -0.504 e. The highest BCUT2D eigenvalue weighted by molar-refractivity contribution is 5.49. The van der Waals surface area contributed by atoms with Crippen molar-refractivity contribution in [3.63, 3.8) is 0 Å². The minimum absolute atomic E-state index is 0.0126. The highest BCUT2D eigenvalue weighted by atomic mass is 16.5. The predicted molar refractivity (Wildman–Crippen MR) is 91.7 cm³/mol. The number of methoxy groups -OCH3 is 1. The van der Waals surface area contributed by atoms with Gasteiger partial charge >= 0.3 is 0 Å². The third kappa shape index (κ3) is 4.34. The Morgan fingerprint density at radius 3 is 2.61 bits per heavy atom. The van der Waals surface area contributed by atoms with Crippen LogP contribution in [0.4, 0.5) is 0 Å². The number of hydrogen-bond acceptors (Lipinski definition) is 4. The first-order valence-corrected chi connectivity index (χ1v) is 7.58. The maximum Gasteiger partial charge on any atom is 0.161 e. The number of hydrogen-bond donors (Lipinski definition) is 3. The maximum atomic E-state index is 10.1. The summed E-state index contributed by atoms with van der Waals surface area (Å²) >= 11 is 0. The van der Waals surface area contributed by atoms with Crippen molar-refractivity contribution in [2.24, 2.45) is 0 Å². The number of phenols is 1. The normalized spacial score (nSPS) is 11.9. The number of rotatable bonds is 8. The van der Waals surface area contributed by atoms with Gasteiger partial charge in [-0.2, -0.15) is 0 Å². The van der Waals surface area contributed by atoms with Crippen molar-refractivity contribution in [3.8, 4) is 11.5 Å². The molecule has 0 saturated carbocycles. The Hall–Kier alpha value is -2.30. The van der Waals surface area contributed by atoms with E-state index in [2.05, 4.69) is 11.9 Å². The molecule has 3 N–H and O–H groups in total. The second-order valence-electron chi connectivity index (χ2n) is 5.33. The standard InChI is InChI=1S/C19H23NO3/c1-3-7-16-10-14(11-18(23-2)19(16)22)12-20-17(13-21)15-8-5-4-6-9-15/h3-6,8-11,17,20-22H,1,7,12-13H2,2H3. The first kappa shape index (κ1) is 17.1. The average molecular weight is 313 g/mol. The second kappa shape index (κ2) is 8.36. The fourth-order valence-electron chi connectivity index (χ4n) is 2.51. The summed E-state index contributed by atoms with van der Waals surface area (Å²) < 4.78 is 5.23. The minimum atomic E-state index is -0.140. The van der Waals surface area contributed by atoms with Crippen LogP contribution in [0, 0.1) is 0 Å². The van der Waals surface area contributed by atoms with Crippen molar-refractivity contribution in [1.29, 1.82) is 0 Å². The van der Waals surface area contributed by atoms with Crippen LogP contribution in [-0.2, 0) is 13.0 Å². The van der Waals surface area contributed by atoms with Crippen molar-refractivity contribution in [2.75, 3.05) is 13.7 Å². The monoisotopic (exact) mass is 313 g/mol. The van der Waals surface area contributed by atoms with Gasteiger partial charge in [0.25, 0.3) is 0 Å². The van der Waals surface area contributed by atoms with Crippen LogP contribution in [0.25, 0.3) is 0 Å². The highest BCUT2D eigenvalue weighted by Gasteiger charge is 2.12. The Balaban J connectivity index is 2.16. The van der Waals surface area contributed by atoms with Crippen LogP contribution in [0.1, 0.15) is 22.7 Å². The molecule has 0 heterocycles. The fourth-order valence-corrected chi connectivity index (χ4v) is 2.51. The van der Waals surface area contributed by atoms with Crippen LogP contribution >= 0.6 is 0 Å². The van der Waals surface area contributed by atoms with Crippen molar-refractivity contribution in [1.82, 2.24) is 5.32 Å². The number of ether oxygens (including phenoxy) is 1. The molecule has 0 bridgehead atoms. The van der Waals surface area contributed by atoms with Gasteiger partial charge in [-0.05, 0) is 23.6 Å². The molecule has 2 aromatic carbocycles. The molecule has 1 unspecified atom stereocenters. The van der Waals surface area contributed by atoms with E-state index < -0.39 is 0 Å². The van der Waals surface area contributed by atoms with Crippen molar-refractivity contribution in [3.05, 3.63) is 71.8 Å². The van der Waals surface area contributed by atoms with Gasteiger partial charge in [-0.3, -0.25) is 0 Å². The molecule has 23 heavy (non-hydrogen) atoms. The molecule has 1 atom stereocenters. The summed E-state index contributed by atoms with van der Waals surface area (Å²) in [4.78, 5) is 0. The largest absolute Gasteiger partial charge is 0.504 e. The van der Waals surface area contributed by atoms with Crippen LogP contribution < -0.4 is 10.1 Å². The molecule has 122 valence electrons. The Kier molecular flexibility index (Phi) is 6.20. The third-order valence-corrected chi connectivity index (χ3v) is 3.73. The lowest BCUT2D eigenvalue weighted by molar-refractivity contribution is 0.243. The molecule has 2 aromatic rings. The number of nitrogens with one attached hydrogen (secondary N) is 1.